The number of carbonyl (C=O) groups excluding carboxylic acids is 1. The van der Waals surface area contributed by atoms with Gasteiger partial charge < -0.3 is 14.2 Å². The Labute approximate surface area is 112 Å². The van der Waals surface area contributed by atoms with Crippen molar-refractivity contribution in [1.82, 2.24) is 0 Å². The molecule has 1 aromatic rings. The van der Waals surface area contributed by atoms with Crippen molar-refractivity contribution < 1.29 is 19.0 Å². The van der Waals surface area contributed by atoms with Crippen LogP contribution in [0.1, 0.15) is 17.3 Å². The van der Waals surface area contributed by atoms with Crippen LogP contribution in [0.2, 0.25) is 0 Å². The van der Waals surface area contributed by atoms with Gasteiger partial charge in [-0.25, -0.2) is 4.79 Å². The average molecular weight is 273 g/mol. The van der Waals surface area contributed by atoms with Crippen molar-refractivity contribution in [1.29, 1.82) is 0 Å². The van der Waals surface area contributed by atoms with Crippen molar-refractivity contribution in [2.45, 2.75) is 6.92 Å². The van der Waals surface area contributed by atoms with Crippen LogP contribution >= 0.6 is 11.6 Å². The highest BCUT2D eigenvalue weighted by atomic mass is 35.5. The third-order valence-corrected chi connectivity index (χ3v) is 2.91. The summed E-state index contributed by atoms with van der Waals surface area (Å²) in [7, 11) is 2.88. The number of hydrogen-bond donors (Lipinski definition) is 0. The Morgan fingerprint density at radius 3 is 2.67 bits per heavy atom. The van der Waals surface area contributed by atoms with E-state index >= 15 is 0 Å². The van der Waals surface area contributed by atoms with E-state index < -0.39 is 5.97 Å². The number of carbonyl (C=O) groups is 1. The van der Waals surface area contributed by atoms with Crippen LogP contribution in [0.15, 0.2) is 18.2 Å². The smallest absolute Gasteiger partial charge is 0.341 e. The number of hydrogen-bond acceptors (Lipinski definition) is 4. The van der Waals surface area contributed by atoms with E-state index in [0.29, 0.717) is 29.5 Å². The van der Waals surface area contributed by atoms with Gasteiger partial charge in [-0.1, -0.05) is 6.92 Å². The van der Waals surface area contributed by atoms with Gasteiger partial charge in [-0.15, -0.1) is 11.6 Å². The molecule has 4 nitrogen and oxygen atoms in total. The maximum Gasteiger partial charge on any atom is 0.341 e. The summed E-state index contributed by atoms with van der Waals surface area (Å²) in [5.41, 5.74) is 0.375. The summed E-state index contributed by atoms with van der Waals surface area (Å²) in [5.74, 6) is 1.32. The molecule has 0 aliphatic carbocycles. The Morgan fingerprint density at radius 1 is 1.39 bits per heavy atom. The average Bonchev–Trinajstić information content (AvgIpc) is 2.43. The molecule has 1 aromatic carbocycles. The fourth-order valence-corrected chi connectivity index (χ4v) is 1.39. The summed E-state index contributed by atoms with van der Waals surface area (Å²) in [6.45, 7) is 2.39. The number of esters is 1. The van der Waals surface area contributed by atoms with E-state index in [9.17, 15) is 4.79 Å². The SMILES string of the molecule is COC(=O)c1ccc(OC)cc1OCC(C)CCl. The predicted octanol–water partition coefficient (Wildman–Crippen LogP) is 2.74. The number of rotatable bonds is 6. The zero-order chi connectivity index (χ0) is 13.5. The number of alkyl halides is 1. The van der Waals surface area contributed by atoms with Crippen LogP contribution in [0.3, 0.4) is 0 Å². The van der Waals surface area contributed by atoms with Gasteiger partial charge in [0.1, 0.15) is 17.1 Å². The van der Waals surface area contributed by atoms with Crippen LogP contribution in [0.4, 0.5) is 0 Å². The Balaban J connectivity index is 2.93. The van der Waals surface area contributed by atoms with Crippen molar-refractivity contribution in [2.24, 2.45) is 5.92 Å². The molecular weight excluding hydrogens is 256 g/mol. The molecule has 1 atom stereocenters. The molecule has 0 N–H and O–H groups in total. The summed E-state index contributed by atoms with van der Waals surface area (Å²) in [5, 5.41) is 0. The van der Waals surface area contributed by atoms with Crippen molar-refractivity contribution in [3.63, 3.8) is 0 Å². The second-order valence-electron chi connectivity index (χ2n) is 3.92. The lowest BCUT2D eigenvalue weighted by Crippen LogP contribution is -2.12. The topological polar surface area (TPSA) is 44.8 Å². The van der Waals surface area contributed by atoms with E-state index in [2.05, 4.69) is 0 Å². The molecule has 0 radical (unpaired) electrons. The molecule has 0 spiro atoms. The fourth-order valence-electron chi connectivity index (χ4n) is 1.30. The van der Waals surface area contributed by atoms with Crippen molar-refractivity contribution in [3.8, 4) is 11.5 Å². The first-order valence-corrected chi connectivity index (χ1v) is 6.11. The summed E-state index contributed by atoms with van der Waals surface area (Å²) in [4.78, 5) is 11.6. The lowest BCUT2D eigenvalue weighted by molar-refractivity contribution is 0.0595. The monoisotopic (exact) mass is 272 g/mol. The van der Waals surface area contributed by atoms with Crippen molar-refractivity contribution >= 4 is 17.6 Å². The molecule has 1 unspecified atom stereocenters. The van der Waals surface area contributed by atoms with Crippen molar-refractivity contribution in [2.75, 3.05) is 26.7 Å². The van der Waals surface area contributed by atoms with Gasteiger partial charge in [-0.05, 0) is 12.1 Å². The van der Waals surface area contributed by atoms with Crippen LogP contribution in [0.25, 0.3) is 0 Å². The summed E-state index contributed by atoms with van der Waals surface area (Å²) >= 11 is 5.71. The quantitative estimate of drug-likeness (QED) is 0.590. The van der Waals surface area contributed by atoms with E-state index in [-0.39, 0.29) is 5.92 Å². The Morgan fingerprint density at radius 2 is 2.11 bits per heavy atom. The second kappa shape index (κ2) is 7.11. The fraction of sp³-hybridized carbons (Fsp3) is 0.462. The number of benzene rings is 1. The number of methoxy groups -OCH3 is 2. The molecule has 18 heavy (non-hydrogen) atoms. The zero-order valence-corrected chi connectivity index (χ0v) is 11.5. The Kier molecular flexibility index (Phi) is 5.78. The highest BCUT2D eigenvalue weighted by Crippen LogP contribution is 2.26. The molecule has 1 rings (SSSR count). The molecule has 0 fully saturated rings. The molecule has 100 valence electrons. The van der Waals surface area contributed by atoms with Crippen LogP contribution in [0, 0.1) is 5.92 Å². The van der Waals surface area contributed by atoms with Gasteiger partial charge in [0.25, 0.3) is 0 Å². The summed E-state index contributed by atoms with van der Waals surface area (Å²) < 4.78 is 15.4. The molecule has 0 aromatic heterocycles. The molecule has 0 aliphatic heterocycles. The Bertz CT molecular complexity index is 406. The first kappa shape index (κ1) is 14.6. The second-order valence-corrected chi connectivity index (χ2v) is 4.23. The predicted molar refractivity (Wildman–Crippen MR) is 69.7 cm³/mol. The highest BCUT2D eigenvalue weighted by molar-refractivity contribution is 6.18. The number of halogens is 1. The first-order chi connectivity index (χ1) is 8.62. The van der Waals surface area contributed by atoms with Crippen LogP contribution in [0.5, 0.6) is 11.5 Å². The highest BCUT2D eigenvalue weighted by Gasteiger charge is 2.15. The normalized spacial score (nSPS) is 11.8. The van der Waals surface area contributed by atoms with E-state index in [1.165, 1.54) is 7.11 Å². The van der Waals surface area contributed by atoms with Gasteiger partial charge in [0.2, 0.25) is 0 Å². The number of ether oxygens (including phenoxy) is 3. The Hall–Kier alpha value is -1.42. The largest absolute Gasteiger partial charge is 0.497 e. The van der Waals surface area contributed by atoms with Gasteiger partial charge in [0, 0.05) is 17.9 Å². The standard InChI is InChI=1S/C13H17ClO4/c1-9(7-14)8-18-12-6-10(16-2)4-5-11(12)13(15)17-3/h4-6,9H,7-8H2,1-3H3. The third kappa shape index (κ3) is 3.81. The van der Waals surface area contributed by atoms with Gasteiger partial charge in [-0.3, -0.25) is 0 Å². The van der Waals surface area contributed by atoms with Crippen LogP contribution in [-0.2, 0) is 4.74 Å². The molecule has 0 bridgehead atoms. The maximum absolute atomic E-state index is 11.6. The van der Waals surface area contributed by atoms with Crippen LogP contribution in [-0.4, -0.2) is 32.7 Å². The molecule has 0 saturated heterocycles. The van der Waals surface area contributed by atoms with Crippen LogP contribution < -0.4 is 9.47 Å². The van der Waals surface area contributed by atoms with Gasteiger partial charge in [0.15, 0.2) is 0 Å². The molecule has 0 saturated carbocycles. The maximum atomic E-state index is 11.6. The molecule has 0 heterocycles. The van der Waals surface area contributed by atoms with Crippen molar-refractivity contribution in [3.05, 3.63) is 23.8 Å². The lowest BCUT2D eigenvalue weighted by Gasteiger charge is -2.14. The minimum Gasteiger partial charge on any atom is -0.497 e. The summed E-state index contributed by atoms with van der Waals surface area (Å²) in [6, 6.07) is 4.96. The lowest BCUT2D eigenvalue weighted by atomic mass is 10.2. The van der Waals surface area contributed by atoms with E-state index in [1.54, 1.807) is 25.3 Å². The van der Waals surface area contributed by atoms with E-state index in [1.807, 2.05) is 6.92 Å². The molecule has 0 aliphatic rings. The van der Waals surface area contributed by atoms with Gasteiger partial charge in [-0.2, -0.15) is 0 Å². The minimum atomic E-state index is -0.439. The molecule has 0 amide bonds. The first-order valence-electron chi connectivity index (χ1n) is 5.57. The molecular formula is C13H17ClO4. The summed E-state index contributed by atoms with van der Waals surface area (Å²) in [6.07, 6.45) is 0. The van der Waals surface area contributed by atoms with Gasteiger partial charge in [0.05, 0.1) is 20.8 Å². The van der Waals surface area contributed by atoms with E-state index in [0.717, 1.165) is 0 Å². The molecule has 5 heteroatoms. The minimum absolute atomic E-state index is 0.198. The zero-order valence-electron chi connectivity index (χ0n) is 10.7. The van der Waals surface area contributed by atoms with Gasteiger partial charge >= 0.3 is 5.97 Å². The van der Waals surface area contributed by atoms with E-state index in [4.69, 9.17) is 25.8 Å². The third-order valence-electron chi connectivity index (χ3n) is 2.38.